The highest BCUT2D eigenvalue weighted by atomic mass is 16.3. The Kier molecular flexibility index (Phi) is 2.96. The van der Waals surface area contributed by atoms with Gasteiger partial charge in [0.25, 0.3) is 0 Å². The number of aliphatic hydroxyl groups excluding tert-OH is 2. The smallest absolute Gasteiger partial charge is 0.151 e. The van der Waals surface area contributed by atoms with E-state index >= 15 is 0 Å². The molecule has 1 unspecified atom stereocenters. The van der Waals surface area contributed by atoms with Crippen molar-refractivity contribution in [3.8, 4) is 0 Å². The van der Waals surface area contributed by atoms with Crippen LogP contribution < -0.4 is 0 Å². The third-order valence-corrected chi connectivity index (χ3v) is 1.60. The van der Waals surface area contributed by atoms with E-state index in [1.807, 2.05) is 0 Å². The molecule has 0 saturated heterocycles. The summed E-state index contributed by atoms with van der Waals surface area (Å²) < 4.78 is 0. The first kappa shape index (κ1) is 8.90. The van der Waals surface area contributed by atoms with Gasteiger partial charge in [-0.3, -0.25) is 0 Å². The minimum atomic E-state index is -1.34. The first-order chi connectivity index (χ1) is 5.75. The van der Waals surface area contributed by atoms with E-state index in [4.69, 9.17) is 5.11 Å². The van der Waals surface area contributed by atoms with Crippen molar-refractivity contribution in [2.75, 3.05) is 0 Å². The largest absolute Gasteiger partial charge is 0.385 e. The van der Waals surface area contributed by atoms with Crippen LogP contribution in [0.1, 0.15) is 11.7 Å². The van der Waals surface area contributed by atoms with Gasteiger partial charge < -0.3 is 15.0 Å². The maximum atomic E-state index is 10.1. The van der Waals surface area contributed by atoms with Crippen LogP contribution in [0.3, 0.4) is 0 Å². The molecule has 0 fully saturated rings. The van der Waals surface area contributed by atoms with Gasteiger partial charge in [0.05, 0.1) is 0 Å². The van der Waals surface area contributed by atoms with Crippen molar-refractivity contribution in [1.29, 1.82) is 0 Å². The van der Waals surface area contributed by atoms with Crippen LogP contribution in [-0.2, 0) is 4.79 Å². The Morgan fingerprint density at radius 2 is 1.75 bits per heavy atom. The van der Waals surface area contributed by atoms with Gasteiger partial charge >= 0.3 is 0 Å². The van der Waals surface area contributed by atoms with Crippen LogP contribution in [0.5, 0.6) is 0 Å². The monoisotopic (exact) mass is 166 g/mol. The number of rotatable bonds is 3. The molecule has 0 aliphatic carbocycles. The first-order valence-electron chi connectivity index (χ1n) is 3.62. The zero-order valence-corrected chi connectivity index (χ0v) is 6.42. The zero-order valence-electron chi connectivity index (χ0n) is 6.42. The fraction of sp³-hybridized carbons (Fsp3) is 0.222. The summed E-state index contributed by atoms with van der Waals surface area (Å²) in [6.45, 7) is 0. The van der Waals surface area contributed by atoms with Crippen LogP contribution in [0, 0.1) is 0 Å². The van der Waals surface area contributed by atoms with Gasteiger partial charge in [0, 0.05) is 0 Å². The third kappa shape index (κ3) is 1.90. The predicted octanol–water partition coefficient (Wildman–Crippen LogP) is 0.280. The van der Waals surface area contributed by atoms with Crippen molar-refractivity contribution in [1.82, 2.24) is 0 Å². The van der Waals surface area contributed by atoms with Gasteiger partial charge in [-0.25, -0.2) is 0 Å². The molecule has 3 heteroatoms. The third-order valence-electron chi connectivity index (χ3n) is 1.60. The van der Waals surface area contributed by atoms with Gasteiger partial charge in [-0.2, -0.15) is 0 Å². The van der Waals surface area contributed by atoms with Crippen LogP contribution in [0.15, 0.2) is 30.3 Å². The second-order valence-electron chi connectivity index (χ2n) is 2.48. The standard InChI is InChI=1S/C9H10O3/c10-6-8(11)9(12)7-4-2-1-3-5-7/h1-6,8-9,11-12H/t8-,9?/m0/s1. The average Bonchev–Trinajstić information content (AvgIpc) is 2.17. The highest BCUT2D eigenvalue weighted by Gasteiger charge is 2.16. The van der Waals surface area contributed by atoms with Gasteiger partial charge in [-0.05, 0) is 5.56 Å². The Morgan fingerprint density at radius 1 is 1.17 bits per heavy atom. The second-order valence-corrected chi connectivity index (χ2v) is 2.48. The van der Waals surface area contributed by atoms with Crippen LogP contribution in [-0.4, -0.2) is 22.6 Å². The quantitative estimate of drug-likeness (QED) is 0.634. The molecule has 3 nitrogen and oxygen atoms in total. The number of hydrogen-bond donors (Lipinski definition) is 2. The molecule has 0 spiro atoms. The van der Waals surface area contributed by atoms with Crippen molar-refractivity contribution in [3.63, 3.8) is 0 Å². The summed E-state index contributed by atoms with van der Waals surface area (Å²) in [5.41, 5.74) is 0.539. The van der Waals surface area contributed by atoms with Crippen LogP contribution in [0.2, 0.25) is 0 Å². The normalized spacial score (nSPS) is 15.2. The molecule has 12 heavy (non-hydrogen) atoms. The molecule has 2 atom stereocenters. The minimum absolute atomic E-state index is 0.317. The van der Waals surface area contributed by atoms with E-state index in [0.29, 0.717) is 11.8 Å². The van der Waals surface area contributed by atoms with Gasteiger partial charge in [0.15, 0.2) is 6.29 Å². The van der Waals surface area contributed by atoms with Crippen LogP contribution in [0.4, 0.5) is 0 Å². The van der Waals surface area contributed by atoms with Crippen LogP contribution in [0.25, 0.3) is 0 Å². The van der Waals surface area contributed by atoms with Gasteiger partial charge in [-0.1, -0.05) is 30.3 Å². The van der Waals surface area contributed by atoms with Crippen molar-refractivity contribution in [2.24, 2.45) is 0 Å². The second kappa shape index (κ2) is 3.99. The minimum Gasteiger partial charge on any atom is -0.385 e. The van der Waals surface area contributed by atoms with Gasteiger partial charge in [-0.15, -0.1) is 0 Å². The Labute approximate surface area is 70.3 Å². The number of carbonyl (C=O) groups excluding carboxylic acids is 1. The van der Waals surface area contributed by atoms with E-state index in [9.17, 15) is 9.90 Å². The lowest BCUT2D eigenvalue weighted by molar-refractivity contribution is -0.120. The lowest BCUT2D eigenvalue weighted by Gasteiger charge is -2.11. The van der Waals surface area contributed by atoms with E-state index in [1.165, 1.54) is 0 Å². The molecule has 2 N–H and O–H groups in total. The number of benzene rings is 1. The summed E-state index contributed by atoms with van der Waals surface area (Å²) >= 11 is 0. The number of aliphatic hydroxyl groups is 2. The molecule has 0 aliphatic heterocycles. The lowest BCUT2D eigenvalue weighted by Crippen LogP contribution is -2.19. The van der Waals surface area contributed by atoms with Crippen molar-refractivity contribution in [3.05, 3.63) is 35.9 Å². The predicted molar refractivity (Wildman–Crippen MR) is 43.5 cm³/mol. The molecule has 0 aromatic heterocycles. The molecule has 0 aliphatic rings. The van der Waals surface area contributed by atoms with E-state index < -0.39 is 12.2 Å². The zero-order chi connectivity index (χ0) is 8.97. The molecule has 0 saturated carbocycles. The fourth-order valence-electron chi connectivity index (χ4n) is 0.922. The summed E-state index contributed by atoms with van der Waals surface area (Å²) in [4.78, 5) is 10.1. The fourth-order valence-corrected chi connectivity index (χ4v) is 0.922. The van der Waals surface area contributed by atoms with E-state index in [2.05, 4.69) is 0 Å². The topological polar surface area (TPSA) is 57.5 Å². The van der Waals surface area contributed by atoms with E-state index in [0.717, 1.165) is 0 Å². The van der Waals surface area contributed by atoms with Gasteiger partial charge in [0.2, 0.25) is 0 Å². The van der Waals surface area contributed by atoms with Crippen molar-refractivity contribution < 1.29 is 15.0 Å². The van der Waals surface area contributed by atoms with Crippen molar-refractivity contribution >= 4 is 6.29 Å². The molecule has 1 aromatic rings. The molecule has 1 aromatic carbocycles. The molecule has 1 rings (SSSR count). The van der Waals surface area contributed by atoms with Crippen molar-refractivity contribution in [2.45, 2.75) is 12.2 Å². The molecule has 0 amide bonds. The molecule has 0 bridgehead atoms. The highest BCUT2D eigenvalue weighted by molar-refractivity contribution is 5.57. The summed E-state index contributed by atoms with van der Waals surface area (Å²) in [5.74, 6) is 0. The summed E-state index contributed by atoms with van der Waals surface area (Å²) in [6, 6.07) is 8.56. The molecule has 0 radical (unpaired) electrons. The van der Waals surface area contributed by atoms with Gasteiger partial charge in [0.1, 0.15) is 12.2 Å². The Hall–Kier alpha value is -1.19. The Morgan fingerprint density at radius 3 is 2.25 bits per heavy atom. The number of hydrogen-bond acceptors (Lipinski definition) is 3. The average molecular weight is 166 g/mol. The molecular weight excluding hydrogens is 156 g/mol. The molecule has 0 heterocycles. The first-order valence-corrected chi connectivity index (χ1v) is 3.62. The van der Waals surface area contributed by atoms with E-state index in [-0.39, 0.29) is 0 Å². The summed E-state index contributed by atoms with van der Waals surface area (Å²) in [5, 5.41) is 18.3. The Balaban J connectivity index is 2.78. The number of aldehydes is 1. The highest BCUT2D eigenvalue weighted by Crippen LogP contribution is 2.14. The summed E-state index contributed by atoms with van der Waals surface area (Å²) in [6.07, 6.45) is -2.14. The Bertz CT molecular complexity index is 245. The lowest BCUT2D eigenvalue weighted by atomic mass is 10.1. The maximum absolute atomic E-state index is 10.1. The maximum Gasteiger partial charge on any atom is 0.151 e. The SMILES string of the molecule is O=C[C@H](O)C(O)c1ccccc1. The molecule has 64 valence electrons. The van der Waals surface area contributed by atoms with E-state index in [1.54, 1.807) is 30.3 Å². The summed E-state index contributed by atoms with van der Waals surface area (Å²) in [7, 11) is 0. The molecular formula is C9H10O3. The number of carbonyl (C=O) groups is 1. The van der Waals surface area contributed by atoms with Crippen LogP contribution >= 0.6 is 0 Å².